The average molecular weight is 1210 g/mol. The zero-order chi connectivity index (χ0) is 63.8. The largest absolute Gasteiger partial charge is 0.310 e. The molecule has 1 aromatic heterocycles. The number of fused-ring (bicyclic) bond motifs is 16. The molecule has 2 nitrogen and oxygen atoms in total. The van der Waals surface area contributed by atoms with Crippen LogP contribution in [-0.2, 0) is 10.8 Å². The molecule has 454 valence electrons. The number of nitrogens with zero attached hydrogens (tertiary/aromatic N) is 2. The third kappa shape index (κ3) is 9.12. The van der Waals surface area contributed by atoms with E-state index in [1.807, 2.05) is 0 Å². The Morgan fingerprint density at radius 2 is 0.723 bits per heavy atom. The van der Waals surface area contributed by atoms with Gasteiger partial charge in [-0.1, -0.05) is 274 Å². The standard InChI is InChI=1S/C92H76N2/c1-89(2,3)58-86(90(4,5)6)64-32-30-63(31-33-64)66-40-50-76-73-23-13-17-27-81(73)92(84(76)55-66)82-28-18-14-24-74(82)77-51-41-67(56-85(77)92)65-42-53-88-79(54-65)78-25-15-19-29-87(78)94(88)70-47-38-62(39-48-70)61-36-45-69(46-37-61)93(68-43-34-60(35-44-68)59-20-10-9-11-21-59)71-49-52-75-72-22-12-16-26-80(72)91(7,8)83(75)57-71/h9-57,86H,58H2,1-8H3. The van der Waals surface area contributed by atoms with E-state index in [0.29, 0.717) is 5.92 Å². The molecule has 14 aromatic rings. The third-order valence-electron chi connectivity index (χ3n) is 21.2. The summed E-state index contributed by atoms with van der Waals surface area (Å²) in [6, 6.07) is 112. The Morgan fingerprint density at radius 1 is 0.319 bits per heavy atom. The summed E-state index contributed by atoms with van der Waals surface area (Å²) in [6.45, 7) is 19.0. The minimum Gasteiger partial charge on any atom is -0.310 e. The van der Waals surface area contributed by atoms with Gasteiger partial charge in [0, 0.05) is 38.9 Å². The number of hydrogen-bond donors (Lipinski definition) is 0. The predicted molar refractivity (Wildman–Crippen MR) is 397 cm³/mol. The maximum atomic E-state index is 2.53. The lowest BCUT2D eigenvalue weighted by molar-refractivity contribution is 0.229. The molecule has 3 aliphatic rings. The van der Waals surface area contributed by atoms with Gasteiger partial charge in [0.05, 0.1) is 16.4 Å². The fourth-order valence-corrected chi connectivity index (χ4v) is 16.7. The van der Waals surface area contributed by atoms with Crippen LogP contribution < -0.4 is 4.90 Å². The zero-order valence-corrected chi connectivity index (χ0v) is 55.0. The van der Waals surface area contributed by atoms with Crippen molar-refractivity contribution < 1.29 is 0 Å². The summed E-state index contributed by atoms with van der Waals surface area (Å²) in [5, 5.41) is 2.48. The van der Waals surface area contributed by atoms with E-state index >= 15 is 0 Å². The number of rotatable bonds is 10. The van der Waals surface area contributed by atoms with Gasteiger partial charge < -0.3 is 9.47 Å². The van der Waals surface area contributed by atoms with Gasteiger partial charge in [-0.15, -0.1) is 0 Å². The Bertz CT molecular complexity index is 5290. The molecule has 13 aromatic carbocycles. The molecular weight excluding hydrogens is 1130 g/mol. The van der Waals surface area contributed by atoms with Crippen LogP contribution in [0.4, 0.5) is 17.1 Å². The van der Waals surface area contributed by atoms with Crippen molar-refractivity contribution in [2.75, 3.05) is 4.90 Å². The average Bonchev–Trinajstić information content (AvgIpc) is 1.51. The molecule has 0 fully saturated rings. The molecular formula is C92H76N2. The van der Waals surface area contributed by atoms with E-state index in [-0.39, 0.29) is 16.2 Å². The van der Waals surface area contributed by atoms with Gasteiger partial charge in [-0.3, -0.25) is 0 Å². The van der Waals surface area contributed by atoms with Crippen LogP contribution in [0.2, 0.25) is 0 Å². The summed E-state index contributed by atoms with van der Waals surface area (Å²) in [5.74, 6) is 0.458. The normalized spacial score (nSPS) is 15.1. The fraction of sp³-hybridized carbons (Fsp3) is 0.152. The minimum atomic E-state index is -0.493. The van der Waals surface area contributed by atoms with Crippen molar-refractivity contribution >= 4 is 38.9 Å². The first-order valence-electron chi connectivity index (χ1n) is 33.6. The zero-order valence-electron chi connectivity index (χ0n) is 55.0. The molecule has 2 unspecified atom stereocenters. The Labute approximate surface area is 554 Å². The van der Waals surface area contributed by atoms with Crippen LogP contribution in [0.3, 0.4) is 0 Å². The van der Waals surface area contributed by atoms with E-state index in [4.69, 9.17) is 0 Å². The van der Waals surface area contributed by atoms with E-state index in [2.05, 4.69) is 362 Å². The molecule has 1 heterocycles. The van der Waals surface area contributed by atoms with Gasteiger partial charge in [-0.2, -0.15) is 0 Å². The Kier molecular flexibility index (Phi) is 13.1. The van der Waals surface area contributed by atoms with Crippen LogP contribution in [0.5, 0.6) is 0 Å². The molecule has 3 aliphatic carbocycles. The molecule has 0 N–H and O–H groups in total. The summed E-state index contributed by atoms with van der Waals surface area (Å²) in [4.78, 5) is 2.41. The predicted octanol–water partition coefficient (Wildman–Crippen LogP) is 25.1. The van der Waals surface area contributed by atoms with E-state index < -0.39 is 5.41 Å². The highest BCUT2D eigenvalue weighted by molar-refractivity contribution is 6.11. The first-order valence-corrected chi connectivity index (χ1v) is 33.6. The van der Waals surface area contributed by atoms with Crippen molar-refractivity contribution in [2.24, 2.45) is 10.8 Å². The molecule has 2 heteroatoms. The second-order valence-electron chi connectivity index (χ2n) is 29.5. The lowest BCUT2D eigenvalue weighted by Gasteiger charge is -2.36. The van der Waals surface area contributed by atoms with E-state index in [1.165, 1.54) is 139 Å². The maximum Gasteiger partial charge on any atom is 0.0725 e. The van der Waals surface area contributed by atoms with Gasteiger partial charge in [0.1, 0.15) is 0 Å². The quantitative estimate of drug-likeness (QED) is 0.132. The topological polar surface area (TPSA) is 8.17 Å². The van der Waals surface area contributed by atoms with Crippen LogP contribution in [0, 0.1) is 10.8 Å². The van der Waals surface area contributed by atoms with Crippen LogP contribution >= 0.6 is 0 Å². The summed E-state index contributed by atoms with van der Waals surface area (Å²) in [7, 11) is 0. The molecule has 2 atom stereocenters. The van der Waals surface area contributed by atoms with Gasteiger partial charge in [0.15, 0.2) is 0 Å². The van der Waals surface area contributed by atoms with Crippen molar-refractivity contribution in [2.45, 2.75) is 78.6 Å². The van der Waals surface area contributed by atoms with Gasteiger partial charge in [0.25, 0.3) is 0 Å². The first-order chi connectivity index (χ1) is 45.6. The van der Waals surface area contributed by atoms with Crippen LogP contribution in [0.15, 0.2) is 297 Å². The SMILES string of the molecule is CC(C)(C)CC(c1ccc(-c2ccc3c(c2)C2(c4ccccc4-3)c3ccccc3-c3ccc(-c4ccc5c(c4)c4ccccc4n5-c4ccc(-c5ccc(N(c6ccc(-c7ccccc7)cc6)c6ccc7c(c6)C(C)(C)c6ccccc6-7)cc5)cc4)cc32)cc1)C(C)(C)C. The smallest absolute Gasteiger partial charge is 0.0725 e. The minimum absolute atomic E-state index is 0.119. The highest BCUT2D eigenvalue weighted by atomic mass is 15.1. The van der Waals surface area contributed by atoms with Crippen molar-refractivity contribution in [3.8, 4) is 83.6 Å². The molecule has 94 heavy (non-hydrogen) atoms. The molecule has 0 bridgehead atoms. The first kappa shape index (κ1) is 57.4. The fourth-order valence-electron chi connectivity index (χ4n) is 16.7. The lowest BCUT2D eigenvalue weighted by Crippen LogP contribution is -2.26. The van der Waals surface area contributed by atoms with Crippen LogP contribution in [0.1, 0.15) is 107 Å². The van der Waals surface area contributed by atoms with E-state index in [9.17, 15) is 0 Å². The number of benzene rings is 13. The highest BCUT2D eigenvalue weighted by Gasteiger charge is 2.52. The Balaban J connectivity index is 0.710. The van der Waals surface area contributed by atoms with E-state index in [1.54, 1.807) is 0 Å². The number of aromatic nitrogens is 1. The van der Waals surface area contributed by atoms with Crippen LogP contribution in [-0.4, -0.2) is 4.57 Å². The third-order valence-corrected chi connectivity index (χ3v) is 21.2. The lowest BCUT2D eigenvalue weighted by atomic mass is 9.69. The maximum absolute atomic E-state index is 2.53. The highest BCUT2D eigenvalue weighted by Crippen LogP contribution is 2.64. The van der Waals surface area contributed by atoms with E-state index in [0.717, 1.165) is 29.2 Å². The molecule has 0 saturated heterocycles. The van der Waals surface area contributed by atoms with Gasteiger partial charge in [-0.25, -0.2) is 0 Å². The Morgan fingerprint density at radius 3 is 1.31 bits per heavy atom. The second-order valence-corrected chi connectivity index (χ2v) is 29.5. The number of anilines is 3. The summed E-state index contributed by atoms with van der Waals surface area (Å²) >= 11 is 0. The van der Waals surface area contributed by atoms with Crippen molar-refractivity contribution in [1.82, 2.24) is 4.57 Å². The molecule has 0 radical (unpaired) electrons. The van der Waals surface area contributed by atoms with Gasteiger partial charge in [-0.05, 0) is 219 Å². The van der Waals surface area contributed by atoms with Crippen molar-refractivity contribution in [1.29, 1.82) is 0 Å². The molecule has 0 amide bonds. The number of hydrogen-bond acceptors (Lipinski definition) is 1. The number of para-hydroxylation sites is 1. The Hall–Kier alpha value is -10.5. The van der Waals surface area contributed by atoms with Crippen molar-refractivity contribution in [3.63, 3.8) is 0 Å². The summed E-state index contributed by atoms with van der Waals surface area (Å²) in [6.07, 6.45) is 1.14. The second kappa shape index (κ2) is 21.5. The van der Waals surface area contributed by atoms with Crippen LogP contribution in [0.25, 0.3) is 105 Å². The summed E-state index contributed by atoms with van der Waals surface area (Å²) in [5.41, 5.74) is 33.8. The van der Waals surface area contributed by atoms with Gasteiger partial charge >= 0.3 is 0 Å². The molecule has 0 aliphatic heterocycles. The molecule has 0 saturated carbocycles. The molecule has 17 rings (SSSR count). The summed E-state index contributed by atoms with van der Waals surface area (Å²) < 4.78 is 2.44. The monoisotopic (exact) mass is 1210 g/mol. The molecule has 1 spiro atoms. The van der Waals surface area contributed by atoms with Crippen molar-refractivity contribution in [3.05, 3.63) is 336 Å². The van der Waals surface area contributed by atoms with Gasteiger partial charge in [0.2, 0.25) is 0 Å².